The van der Waals surface area contributed by atoms with Crippen LogP contribution in [0.1, 0.15) is 31.2 Å². The Hall–Kier alpha value is -1.06. The molecule has 3 rings (SSSR count). The number of nitrogens with zero attached hydrogens (tertiary/aromatic N) is 1. The normalized spacial score (nSPS) is 21.1. The Morgan fingerprint density at radius 1 is 1.33 bits per heavy atom. The molecule has 1 amide bonds. The molecule has 1 heterocycles. The molecule has 1 aliphatic heterocycles. The van der Waals surface area contributed by atoms with E-state index < -0.39 is 5.54 Å². The van der Waals surface area contributed by atoms with E-state index in [9.17, 15) is 4.79 Å². The maximum absolute atomic E-state index is 12.6. The number of nitrogens with two attached hydrogens (primary N) is 1. The van der Waals surface area contributed by atoms with Crippen LogP contribution < -0.4 is 10.6 Å². The molecule has 4 heteroatoms. The van der Waals surface area contributed by atoms with Crippen molar-refractivity contribution >= 4 is 23.2 Å². The molecule has 0 saturated heterocycles. The quantitative estimate of drug-likeness (QED) is 0.847. The molecule has 0 spiro atoms. The Morgan fingerprint density at radius 2 is 2.06 bits per heavy atom. The van der Waals surface area contributed by atoms with Crippen LogP contribution in [0, 0.1) is 0 Å². The van der Waals surface area contributed by atoms with Crippen molar-refractivity contribution in [3.8, 4) is 0 Å². The summed E-state index contributed by atoms with van der Waals surface area (Å²) < 4.78 is 0. The lowest BCUT2D eigenvalue weighted by Gasteiger charge is -2.29. The first-order chi connectivity index (χ1) is 8.60. The first kappa shape index (κ1) is 12.0. The van der Waals surface area contributed by atoms with E-state index in [1.807, 2.05) is 23.1 Å². The van der Waals surface area contributed by atoms with E-state index in [-0.39, 0.29) is 5.91 Å². The summed E-state index contributed by atoms with van der Waals surface area (Å²) in [6.45, 7) is 0.730. The van der Waals surface area contributed by atoms with Crippen LogP contribution in [-0.2, 0) is 11.2 Å². The molecule has 96 valence electrons. The summed E-state index contributed by atoms with van der Waals surface area (Å²) in [6.07, 6.45) is 4.61. The molecule has 2 aliphatic rings. The third kappa shape index (κ3) is 1.82. The Labute approximate surface area is 112 Å². The van der Waals surface area contributed by atoms with Crippen LogP contribution in [0.5, 0.6) is 0 Å². The summed E-state index contributed by atoms with van der Waals surface area (Å²) in [6, 6.07) is 5.75. The zero-order valence-electron chi connectivity index (χ0n) is 10.3. The number of fused-ring (bicyclic) bond motifs is 1. The van der Waals surface area contributed by atoms with Crippen LogP contribution in [0.25, 0.3) is 0 Å². The molecule has 0 atom stereocenters. The molecule has 1 fully saturated rings. The zero-order valence-corrected chi connectivity index (χ0v) is 11.0. The van der Waals surface area contributed by atoms with Crippen molar-refractivity contribution in [3.05, 3.63) is 28.8 Å². The Bertz CT molecular complexity index is 495. The van der Waals surface area contributed by atoms with Gasteiger partial charge in [-0.05, 0) is 37.0 Å². The van der Waals surface area contributed by atoms with E-state index in [0.29, 0.717) is 5.02 Å². The Morgan fingerprint density at radius 3 is 2.78 bits per heavy atom. The van der Waals surface area contributed by atoms with Crippen molar-refractivity contribution in [1.29, 1.82) is 0 Å². The predicted molar refractivity (Wildman–Crippen MR) is 72.9 cm³/mol. The Kier molecular flexibility index (Phi) is 2.83. The summed E-state index contributed by atoms with van der Waals surface area (Å²) in [5, 5.41) is 0.672. The molecule has 0 radical (unpaired) electrons. The smallest absolute Gasteiger partial charge is 0.247 e. The van der Waals surface area contributed by atoms with Gasteiger partial charge < -0.3 is 10.6 Å². The van der Waals surface area contributed by atoms with Gasteiger partial charge in [0.2, 0.25) is 5.91 Å². The number of anilines is 1. The maximum Gasteiger partial charge on any atom is 0.247 e. The first-order valence-electron chi connectivity index (χ1n) is 6.49. The molecule has 1 aromatic rings. The minimum absolute atomic E-state index is 0.0704. The molecular formula is C14H17ClN2O. The summed E-state index contributed by atoms with van der Waals surface area (Å²) in [5.41, 5.74) is 7.74. The fourth-order valence-electron chi connectivity index (χ4n) is 3.05. The van der Waals surface area contributed by atoms with Crippen molar-refractivity contribution in [2.24, 2.45) is 5.73 Å². The second kappa shape index (κ2) is 4.25. The molecule has 0 unspecified atom stereocenters. The predicted octanol–water partition coefficient (Wildman–Crippen LogP) is 2.50. The lowest BCUT2D eigenvalue weighted by Crippen LogP contribution is -2.53. The second-order valence-corrected chi connectivity index (χ2v) is 5.78. The van der Waals surface area contributed by atoms with Gasteiger partial charge in [-0.1, -0.05) is 30.5 Å². The van der Waals surface area contributed by atoms with E-state index >= 15 is 0 Å². The fourth-order valence-corrected chi connectivity index (χ4v) is 3.22. The Balaban J connectivity index is 1.92. The summed E-state index contributed by atoms with van der Waals surface area (Å²) in [4.78, 5) is 14.4. The van der Waals surface area contributed by atoms with Gasteiger partial charge in [0.1, 0.15) is 0 Å². The number of rotatable bonds is 1. The third-order valence-electron chi connectivity index (χ3n) is 4.11. The van der Waals surface area contributed by atoms with Gasteiger partial charge in [-0.25, -0.2) is 0 Å². The maximum atomic E-state index is 12.6. The SMILES string of the molecule is NC1(C(=O)N2CCc3ccc(Cl)cc32)CCCC1. The number of amides is 1. The molecule has 1 aliphatic carbocycles. The van der Waals surface area contributed by atoms with Crippen LogP contribution in [0.2, 0.25) is 5.02 Å². The largest absolute Gasteiger partial charge is 0.317 e. The summed E-state index contributed by atoms with van der Waals surface area (Å²) in [7, 11) is 0. The lowest BCUT2D eigenvalue weighted by atomic mass is 9.97. The monoisotopic (exact) mass is 264 g/mol. The number of hydrogen-bond acceptors (Lipinski definition) is 2. The van der Waals surface area contributed by atoms with Gasteiger partial charge >= 0.3 is 0 Å². The van der Waals surface area contributed by atoms with Crippen molar-refractivity contribution in [2.75, 3.05) is 11.4 Å². The van der Waals surface area contributed by atoms with Crippen LogP contribution >= 0.6 is 11.6 Å². The average Bonchev–Trinajstić information content (AvgIpc) is 2.95. The minimum atomic E-state index is -0.649. The number of benzene rings is 1. The van der Waals surface area contributed by atoms with E-state index in [4.69, 9.17) is 17.3 Å². The van der Waals surface area contributed by atoms with Gasteiger partial charge in [0.25, 0.3) is 0 Å². The number of hydrogen-bond donors (Lipinski definition) is 1. The number of halogens is 1. The van der Waals surface area contributed by atoms with Gasteiger partial charge in [0.15, 0.2) is 0 Å². The second-order valence-electron chi connectivity index (χ2n) is 5.34. The molecule has 1 saturated carbocycles. The topological polar surface area (TPSA) is 46.3 Å². The molecular weight excluding hydrogens is 248 g/mol. The number of carbonyl (C=O) groups excluding carboxylic acids is 1. The summed E-state index contributed by atoms with van der Waals surface area (Å²) >= 11 is 6.02. The zero-order chi connectivity index (χ0) is 12.8. The van der Waals surface area contributed by atoms with Crippen LogP contribution in [-0.4, -0.2) is 18.0 Å². The van der Waals surface area contributed by atoms with E-state index in [1.165, 1.54) is 5.56 Å². The highest BCUT2D eigenvalue weighted by atomic mass is 35.5. The number of carbonyl (C=O) groups is 1. The summed E-state index contributed by atoms with van der Waals surface area (Å²) in [5.74, 6) is 0.0704. The van der Waals surface area contributed by atoms with Gasteiger partial charge in [-0.3, -0.25) is 4.79 Å². The highest BCUT2D eigenvalue weighted by molar-refractivity contribution is 6.31. The van der Waals surface area contributed by atoms with Crippen LogP contribution in [0.4, 0.5) is 5.69 Å². The molecule has 0 bridgehead atoms. The van der Waals surface area contributed by atoms with Gasteiger partial charge in [0.05, 0.1) is 5.54 Å². The molecule has 0 aromatic heterocycles. The van der Waals surface area contributed by atoms with Crippen LogP contribution in [0.3, 0.4) is 0 Å². The van der Waals surface area contributed by atoms with Crippen molar-refractivity contribution in [2.45, 2.75) is 37.6 Å². The minimum Gasteiger partial charge on any atom is -0.317 e. The van der Waals surface area contributed by atoms with Gasteiger partial charge in [-0.2, -0.15) is 0 Å². The molecule has 3 nitrogen and oxygen atoms in total. The molecule has 2 N–H and O–H groups in total. The van der Waals surface area contributed by atoms with Crippen LogP contribution in [0.15, 0.2) is 18.2 Å². The van der Waals surface area contributed by atoms with Gasteiger partial charge in [0, 0.05) is 17.3 Å². The molecule has 1 aromatic carbocycles. The van der Waals surface area contributed by atoms with Crippen molar-refractivity contribution in [1.82, 2.24) is 0 Å². The van der Waals surface area contributed by atoms with E-state index in [2.05, 4.69) is 0 Å². The molecule has 18 heavy (non-hydrogen) atoms. The fraction of sp³-hybridized carbons (Fsp3) is 0.500. The third-order valence-corrected chi connectivity index (χ3v) is 4.34. The van der Waals surface area contributed by atoms with Crippen molar-refractivity contribution in [3.63, 3.8) is 0 Å². The highest BCUT2D eigenvalue weighted by Gasteiger charge is 2.41. The lowest BCUT2D eigenvalue weighted by molar-refractivity contribution is -0.123. The average molecular weight is 265 g/mol. The van der Waals surface area contributed by atoms with E-state index in [1.54, 1.807) is 0 Å². The van der Waals surface area contributed by atoms with Gasteiger partial charge in [-0.15, -0.1) is 0 Å². The highest BCUT2D eigenvalue weighted by Crippen LogP contribution is 2.35. The standard InChI is InChI=1S/C14H17ClN2O/c15-11-4-3-10-5-8-17(12(10)9-11)13(18)14(16)6-1-2-7-14/h3-4,9H,1-2,5-8,16H2. The first-order valence-corrected chi connectivity index (χ1v) is 6.87. The van der Waals surface area contributed by atoms with E-state index in [0.717, 1.165) is 44.3 Å². The van der Waals surface area contributed by atoms with Crippen molar-refractivity contribution < 1.29 is 4.79 Å².